The molecule has 0 spiro atoms. The Labute approximate surface area is 229 Å². The van der Waals surface area contributed by atoms with Gasteiger partial charge in [0.15, 0.2) is 11.0 Å². The molecule has 1 atom stereocenters. The Bertz CT molecular complexity index is 1490. The minimum atomic E-state index is -0.381. The van der Waals surface area contributed by atoms with Gasteiger partial charge in [-0.2, -0.15) is 10.1 Å². The normalized spacial score (nSPS) is 17.2. The van der Waals surface area contributed by atoms with Gasteiger partial charge in [-0.3, -0.25) is 19.2 Å². The van der Waals surface area contributed by atoms with Crippen molar-refractivity contribution in [3.05, 3.63) is 54.4 Å². The lowest BCUT2D eigenvalue weighted by Crippen LogP contribution is -2.35. The van der Waals surface area contributed by atoms with E-state index in [9.17, 15) is 10.0 Å². The molecule has 12 nitrogen and oxygen atoms in total. The lowest BCUT2D eigenvalue weighted by molar-refractivity contribution is -0.117. The summed E-state index contributed by atoms with van der Waals surface area (Å²) in [6.45, 7) is 8.80. The minimum absolute atomic E-state index is 0.157. The van der Waals surface area contributed by atoms with E-state index in [0.29, 0.717) is 41.4 Å². The van der Waals surface area contributed by atoms with Crippen molar-refractivity contribution in [2.45, 2.75) is 49.5 Å². The topological polar surface area (TPSA) is 145 Å². The van der Waals surface area contributed by atoms with Gasteiger partial charge in [0.05, 0.1) is 12.1 Å². The van der Waals surface area contributed by atoms with E-state index in [2.05, 4.69) is 36.0 Å². The molecule has 3 aromatic heterocycles. The van der Waals surface area contributed by atoms with Crippen molar-refractivity contribution in [1.29, 1.82) is 0 Å². The molecule has 4 N–H and O–H groups in total. The highest BCUT2D eigenvalue weighted by atomic mass is 32.2. The molecule has 0 aliphatic carbocycles. The Morgan fingerprint density at radius 3 is 2.74 bits per heavy atom. The summed E-state index contributed by atoms with van der Waals surface area (Å²) in [5.41, 5.74) is 2.53. The third-order valence-corrected chi connectivity index (χ3v) is 6.71. The van der Waals surface area contributed by atoms with E-state index in [0.717, 1.165) is 16.2 Å². The molecule has 0 bridgehead atoms. The lowest BCUT2D eigenvalue weighted by Gasteiger charge is -2.24. The van der Waals surface area contributed by atoms with Gasteiger partial charge in [-0.15, -0.1) is 0 Å². The van der Waals surface area contributed by atoms with Crippen LogP contribution in [0.15, 0.2) is 63.9 Å². The van der Waals surface area contributed by atoms with E-state index in [1.54, 1.807) is 0 Å². The molecule has 13 heteroatoms. The first-order chi connectivity index (χ1) is 18.6. The summed E-state index contributed by atoms with van der Waals surface area (Å²) in [6.07, 6.45) is 1.55. The molecule has 1 aromatic carbocycles. The third-order valence-electron chi connectivity index (χ3n) is 5.83. The zero-order chi connectivity index (χ0) is 27.6. The number of oxime groups is 1. The van der Waals surface area contributed by atoms with Crippen molar-refractivity contribution in [2.24, 2.45) is 5.16 Å². The predicted molar refractivity (Wildman–Crippen MR) is 149 cm³/mol. The number of carbonyl (C=O) groups is 1. The van der Waals surface area contributed by atoms with Crippen LogP contribution in [0.5, 0.6) is 0 Å². The summed E-state index contributed by atoms with van der Waals surface area (Å²) in [7, 11) is 0. The third kappa shape index (κ3) is 6.74. The highest BCUT2D eigenvalue weighted by molar-refractivity contribution is 7.99. The molecule has 1 aliphatic heterocycles. The quantitative estimate of drug-likeness (QED) is 0.190. The summed E-state index contributed by atoms with van der Waals surface area (Å²) in [5.74, 6) is 1.12. The van der Waals surface area contributed by atoms with E-state index >= 15 is 0 Å². The summed E-state index contributed by atoms with van der Waals surface area (Å²) in [4.78, 5) is 24.8. The van der Waals surface area contributed by atoms with Crippen LogP contribution in [0.3, 0.4) is 0 Å². The molecule has 4 aromatic rings. The van der Waals surface area contributed by atoms with Crippen LogP contribution in [-0.2, 0) is 9.53 Å². The fraction of sp³-hybridized carbons (Fsp3) is 0.346. The number of aromatic nitrogens is 5. The molecule has 1 aliphatic rings. The van der Waals surface area contributed by atoms with Gasteiger partial charge in [0.2, 0.25) is 11.9 Å². The molecule has 5 rings (SSSR count). The molecular formula is C26H31N9O3S. The number of hydrogen-bond donors (Lipinski definition) is 4. The standard InChI is InChI=1S/C26H31N9O3S/c1-16-12-21(32-31-16)28-24-30-25(29-22-6-5-11-35(22)24)39-18-9-7-17(8-10-18)27-23(36)15-34-13-19(33-37)20(14-34)38-26(2,3)4/h5-12,20,37H,13-15H2,1-4H3,(H,27,36)(H2,28,29,30,31,32). The molecule has 1 amide bonds. The van der Waals surface area contributed by atoms with Crippen molar-refractivity contribution in [3.63, 3.8) is 0 Å². The van der Waals surface area contributed by atoms with Crippen molar-refractivity contribution in [1.82, 2.24) is 29.5 Å². The number of aryl methyl sites for hydroxylation is 1. The van der Waals surface area contributed by atoms with Gasteiger partial charge in [-0.25, -0.2) is 4.98 Å². The van der Waals surface area contributed by atoms with Crippen LogP contribution in [0.4, 0.5) is 17.5 Å². The number of nitrogens with zero attached hydrogens (tertiary/aromatic N) is 6. The Hall–Kier alpha value is -3.94. The maximum Gasteiger partial charge on any atom is 0.238 e. The van der Waals surface area contributed by atoms with Crippen LogP contribution < -0.4 is 10.6 Å². The summed E-state index contributed by atoms with van der Waals surface area (Å²) in [5, 5.41) is 26.6. The number of nitrogens with one attached hydrogen (secondary N) is 3. The number of hydrogen-bond acceptors (Lipinski definition) is 10. The minimum Gasteiger partial charge on any atom is -0.411 e. The second kappa shape index (κ2) is 11.0. The fourth-order valence-electron chi connectivity index (χ4n) is 4.24. The second-order valence-electron chi connectivity index (χ2n) is 10.3. The molecule has 204 valence electrons. The number of amides is 1. The fourth-order valence-corrected chi connectivity index (χ4v) is 4.99. The first kappa shape index (κ1) is 26.7. The van der Waals surface area contributed by atoms with Crippen molar-refractivity contribution < 1.29 is 14.7 Å². The Morgan fingerprint density at radius 2 is 2.05 bits per heavy atom. The van der Waals surface area contributed by atoms with Gasteiger partial charge in [0.1, 0.15) is 17.5 Å². The van der Waals surface area contributed by atoms with Gasteiger partial charge in [0.25, 0.3) is 0 Å². The van der Waals surface area contributed by atoms with E-state index in [1.807, 2.05) is 85.7 Å². The largest absolute Gasteiger partial charge is 0.411 e. The van der Waals surface area contributed by atoms with Crippen molar-refractivity contribution in [2.75, 3.05) is 30.3 Å². The average molecular weight is 550 g/mol. The number of likely N-dealkylation sites (tertiary alicyclic amines) is 1. The maximum absolute atomic E-state index is 12.7. The number of aromatic amines is 1. The van der Waals surface area contributed by atoms with Crippen LogP contribution in [0, 0.1) is 6.92 Å². The van der Waals surface area contributed by atoms with Gasteiger partial charge < -0.3 is 20.6 Å². The highest BCUT2D eigenvalue weighted by Gasteiger charge is 2.34. The van der Waals surface area contributed by atoms with Gasteiger partial charge >= 0.3 is 0 Å². The smallest absolute Gasteiger partial charge is 0.238 e. The molecule has 1 unspecified atom stereocenters. The van der Waals surface area contributed by atoms with Crippen molar-refractivity contribution in [3.8, 4) is 0 Å². The first-order valence-electron chi connectivity index (χ1n) is 12.5. The van der Waals surface area contributed by atoms with Crippen LogP contribution in [0.2, 0.25) is 0 Å². The maximum atomic E-state index is 12.7. The first-order valence-corrected chi connectivity index (χ1v) is 13.3. The average Bonchev–Trinajstić information content (AvgIpc) is 3.59. The molecule has 0 saturated carbocycles. The number of H-pyrrole nitrogens is 1. The molecule has 39 heavy (non-hydrogen) atoms. The zero-order valence-electron chi connectivity index (χ0n) is 22.2. The molecule has 4 heterocycles. The summed E-state index contributed by atoms with van der Waals surface area (Å²) >= 11 is 1.42. The number of anilines is 3. The number of carbonyl (C=O) groups excluding carboxylic acids is 1. The summed E-state index contributed by atoms with van der Waals surface area (Å²) < 4.78 is 7.83. The van der Waals surface area contributed by atoms with Gasteiger partial charge in [0, 0.05) is 41.6 Å². The van der Waals surface area contributed by atoms with Crippen LogP contribution in [-0.4, -0.2) is 77.6 Å². The summed E-state index contributed by atoms with van der Waals surface area (Å²) in [6, 6.07) is 13.2. The molecule has 1 fully saturated rings. The number of ether oxygens (including phenoxy) is 1. The van der Waals surface area contributed by atoms with Crippen molar-refractivity contribution >= 4 is 46.5 Å². The molecular weight excluding hydrogens is 518 g/mol. The van der Waals surface area contributed by atoms with Gasteiger partial charge in [-0.05, 0) is 75.9 Å². The molecule has 0 radical (unpaired) electrons. The van der Waals surface area contributed by atoms with E-state index in [-0.39, 0.29) is 24.2 Å². The number of fused-ring (bicyclic) bond motifs is 1. The van der Waals surface area contributed by atoms with Crippen LogP contribution >= 0.6 is 11.8 Å². The number of benzene rings is 1. The van der Waals surface area contributed by atoms with E-state index in [1.165, 1.54) is 11.8 Å². The van der Waals surface area contributed by atoms with E-state index in [4.69, 9.17) is 4.74 Å². The molecule has 1 saturated heterocycles. The van der Waals surface area contributed by atoms with Gasteiger partial charge in [-0.1, -0.05) is 5.16 Å². The SMILES string of the molecule is Cc1cc(Nc2nc(Sc3ccc(NC(=O)CN4CC(=NO)C(OC(C)(C)C)C4)cc3)nc3cccn23)n[nH]1. The Kier molecular flexibility index (Phi) is 7.55. The highest BCUT2D eigenvalue weighted by Crippen LogP contribution is 2.28. The Morgan fingerprint density at radius 1 is 1.26 bits per heavy atom. The van der Waals surface area contributed by atoms with Crippen LogP contribution in [0.1, 0.15) is 26.5 Å². The zero-order valence-corrected chi connectivity index (χ0v) is 23.0. The number of rotatable bonds is 8. The second-order valence-corrected chi connectivity index (χ2v) is 11.3. The van der Waals surface area contributed by atoms with E-state index < -0.39 is 0 Å². The van der Waals surface area contributed by atoms with Crippen LogP contribution in [0.25, 0.3) is 5.65 Å². The lowest BCUT2D eigenvalue weighted by atomic mass is 10.1. The monoisotopic (exact) mass is 549 g/mol. The predicted octanol–water partition coefficient (Wildman–Crippen LogP) is 3.92. The Balaban J connectivity index is 1.20.